The van der Waals surface area contributed by atoms with Crippen molar-refractivity contribution in [3.63, 3.8) is 0 Å². The molecule has 6 nitrogen and oxygen atoms in total. The minimum atomic E-state index is 0.0500. The third kappa shape index (κ3) is 4.78. The van der Waals surface area contributed by atoms with Crippen molar-refractivity contribution < 1.29 is 15.3 Å². The number of anilines is 3. The number of phenols is 1. The lowest BCUT2D eigenvalue weighted by Gasteiger charge is -2.18. The maximum Gasteiger partial charge on any atom is 0.120 e. The summed E-state index contributed by atoms with van der Waals surface area (Å²) in [6.45, 7) is 3.50. The molecule has 2 rings (SSSR count). The molecule has 6 heteroatoms. The van der Waals surface area contributed by atoms with E-state index >= 15 is 0 Å². The van der Waals surface area contributed by atoms with E-state index in [0.29, 0.717) is 19.6 Å². The van der Waals surface area contributed by atoms with Gasteiger partial charge in [0, 0.05) is 42.3 Å². The Kier molecular flexibility index (Phi) is 6.72. The molecule has 0 saturated carbocycles. The van der Waals surface area contributed by atoms with Gasteiger partial charge in [0.15, 0.2) is 0 Å². The molecule has 0 saturated heterocycles. The quantitative estimate of drug-likeness (QED) is 0.421. The maximum atomic E-state index is 9.85. The van der Waals surface area contributed by atoms with Gasteiger partial charge in [-0.3, -0.25) is 0 Å². The topological polar surface area (TPSA) is 96.8 Å². The Hall–Kier alpha value is -2.44. The molecule has 130 valence electrons. The van der Waals surface area contributed by atoms with E-state index in [4.69, 9.17) is 10.2 Å². The minimum absolute atomic E-state index is 0.0500. The molecule has 0 heterocycles. The standard InChI is InChI=1S/C18H25N3O3/c1-13-16(19-6-8-22)10-15(11-17(13)20-7-9-23)21-12-14-4-2-3-5-18(14)24/h2-5,10-11,19-24H,6-9,12H2,1H3. The van der Waals surface area contributed by atoms with Crippen molar-refractivity contribution in [2.75, 3.05) is 42.3 Å². The molecular formula is C18H25N3O3. The van der Waals surface area contributed by atoms with Crippen molar-refractivity contribution >= 4 is 17.1 Å². The summed E-state index contributed by atoms with van der Waals surface area (Å²) in [4.78, 5) is 0. The third-order valence-electron chi connectivity index (χ3n) is 3.74. The Bertz CT molecular complexity index is 633. The van der Waals surface area contributed by atoms with Crippen LogP contribution in [0.2, 0.25) is 0 Å². The largest absolute Gasteiger partial charge is 0.508 e. The Morgan fingerprint density at radius 1 is 0.875 bits per heavy atom. The second-order valence-corrected chi connectivity index (χ2v) is 5.48. The molecule has 0 atom stereocenters. The van der Waals surface area contributed by atoms with Gasteiger partial charge in [-0.15, -0.1) is 0 Å². The summed E-state index contributed by atoms with van der Waals surface area (Å²) in [5.41, 5.74) is 4.53. The average molecular weight is 331 g/mol. The van der Waals surface area contributed by atoms with Crippen LogP contribution < -0.4 is 16.0 Å². The zero-order chi connectivity index (χ0) is 17.4. The molecule has 0 bridgehead atoms. The van der Waals surface area contributed by atoms with Crippen LogP contribution in [0, 0.1) is 6.92 Å². The highest BCUT2D eigenvalue weighted by atomic mass is 16.3. The van der Waals surface area contributed by atoms with Crippen LogP contribution in [0.3, 0.4) is 0 Å². The second-order valence-electron chi connectivity index (χ2n) is 5.48. The van der Waals surface area contributed by atoms with Crippen LogP contribution in [0.4, 0.5) is 17.1 Å². The summed E-state index contributed by atoms with van der Waals surface area (Å²) >= 11 is 0. The smallest absolute Gasteiger partial charge is 0.120 e. The zero-order valence-corrected chi connectivity index (χ0v) is 13.8. The highest BCUT2D eigenvalue weighted by Gasteiger charge is 2.08. The molecule has 0 spiro atoms. The molecule has 2 aromatic rings. The normalized spacial score (nSPS) is 10.5. The predicted molar refractivity (Wildman–Crippen MR) is 97.8 cm³/mol. The fraction of sp³-hybridized carbons (Fsp3) is 0.333. The van der Waals surface area contributed by atoms with Gasteiger partial charge in [0.1, 0.15) is 5.75 Å². The number of benzene rings is 2. The van der Waals surface area contributed by atoms with E-state index in [1.54, 1.807) is 12.1 Å². The van der Waals surface area contributed by atoms with E-state index in [9.17, 15) is 5.11 Å². The van der Waals surface area contributed by atoms with Gasteiger partial charge < -0.3 is 31.3 Å². The van der Waals surface area contributed by atoms with E-state index < -0.39 is 0 Å². The number of nitrogens with one attached hydrogen (secondary N) is 3. The molecule has 0 aliphatic carbocycles. The Morgan fingerprint density at radius 3 is 2.00 bits per heavy atom. The number of para-hydroxylation sites is 1. The molecule has 0 unspecified atom stereocenters. The average Bonchev–Trinajstić information content (AvgIpc) is 2.59. The molecule has 0 amide bonds. The summed E-state index contributed by atoms with van der Waals surface area (Å²) in [5, 5.41) is 37.6. The molecule has 24 heavy (non-hydrogen) atoms. The van der Waals surface area contributed by atoms with E-state index in [2.05, 4.69) is 16.0 Å². The number of hydrogen-bond donors (Lipinski definition) is 6. The number of aliphatic hydroxyl groups excluding tert-OH is 2. The number of aliphatic hydroxyl groups is 2. The van der Waals surface area contributed by atoms with Crippen molar-refractivity contribution in [1.29, 1.82) is 0 Å². The van der Waals surface area contributed by atoms with Crippen LogP contribution in [0.5, 0.6) is 5.75 Å². The van der Waals surface area contributed by atoms with E-state index in [0.717, 1.165) is 28.2 Å². The second kappa shape index (κ2) is 9.00. The van der Waals surface area contributed by atoms with Crippen molar-refractivity contribution in [3.8, 4) is 5.75 Å². The van der Waals surface area contributed by atoms with Crippen LogP contribution >= 0.6 is 0 Å². The Balaban J connectivity index is 2.19. The Morgan fingerprint density at radius 2 is 1.46 bits per heavy atom. The lowest BCUT2D eigenvalue weighted by atomic mass is 10.1. The van der Waals surface area contributed by atoms with Gasteiger partial charge >= 0.3 is 0 Å². The molecular weight excluding hydrogens is 306 g/mol. The monoisotopic (exact) mass is 331 g/mol. The molecule has 2 aromatic carbocycles. The summed E-state index contributed by atoms with van der Waals surface area (Å²) < 4.78 is 0. The van der Waals surface area contributed by atoms with Crippen LogP contribution in [-0.4, -0.2) is 41.6 Å². The van der Waals surface area contributed by atoms with Crippen molar-refractivity contribution in [3.05, 3.63) is 47.5 Å². The van der Waals surface area contributed by atoms with Crippen LogP contribution in [-0.2, 0) is 6.54 Å². The SMILES string of the molecule is Cc1c(NCCO)cc(NCc2ccccc2O)cc1NCCO. The molecule has 0 fully saturated rings. The lowest BCUT2D eigenvalue weighted by molar-refractivity contribution is 0.311. The summed E-state index contributed by atoms with van der Waals surface area (Å²) in [6, 6.07) is 11.1. The molecule has 6 N–H and O–H groups in total. The fourth-order valence-corrected chi connectivity index (χ4v) is 2.42. The summed E-state index contributed by atoms with van der Waals surface area (Å²) in [7, 11) is 0. The van der Waals surface area contributed by atoms with Gasteiger partial charge in [0.2, 0.25) is 0 Å². The molecule has 0 radical (unpaired) electrons. The third-order valence-corrected chi connectivity index (χ3v) is 3.74. The van der Waals surface area contributed by atoms with Gasteiger partial charge in [-0.05, 0) is 30.7 Å². The van der Waals surface area contributed by atoms with E-state index in [-0.39, 0.29) is 19.0 Å². The van der Waals surface area contributed by atoms with Crippen LogP contribution in [0.15, 0.2) is 36.4 Å². The number of phenolic OH excluding ortho intramolecular Hbond substituents is 1. The van der Waals surface area contributed by atoms with Crippen molar-refractivity contribution in [1.82, 2.24) is 0 Å². The predicted octanol–water partition coefficient (Wildman–Crippen LogP) is 2.12. The fourth-order valence-electron chi connectivity index (χ4n) is 2.42. The van der Waals surface area contributed by atoms with Crippen molar-refractivity contribution in [2.45, 2.75) is 13.5 Å². The molecule has 0 aromatic heterocycles. The Labute approximate surface area is 142 Å². The number of rotatable bonds is 9. The highest BCUT2D eigenvalue weighted by molar-refractivity contribution is 5.73. The van der Waals surface area contributed by atoms with Gasteiger partial charge in [0.25, 0.3) is 0 Å². The molecule has 0 aliphatic rings. The van der Waals surface area contributed by atoms with E-state index in [1.807, 2.05) is 31.2 Å². The first-order valence-electron chi connectivity index (χ1n) is 8.00. The van der Waals surface area contributed by atoms with Gasteiger partial charge in [-0.1, -0.05) is 18.2 Å². The first-order valence-corrected chi connectivity index (χ1v) is 8.00. The van der Waals surface area contributed by atoms with Crippen molar-refractivity contribution in [2.24, 2.45) is 0 Å². The van der Waals surface area contributed by atoms with Crippen LogP contribution in [0.25, 0.3) is 0 Å². The first kappa shape index (κ1) is 17.9. The van der Waals surface area contributed by atoms with Gasteiger partial charge in [0.05, 0.1) is 13.2 Å². The lowest BCUT2D eigenvalue weighted by Crippen LogP contribution is -2.11. The van der Waals surface area contributed by atoms with Gasteiger partial charge in [-0.2, -0.15) is 0 Å². The first-order chi connectivity index (χ1) is 11.7. The van der Waals surface area contributed by atoms with Gasteiger partial charge in [-0.25, -0.2) is 0 Å². The van der Waals surface area contributed by atoms with Crippen LogP contribution in [0.1, 0.15) is 11.1 Å². The summed E-state index contributed by atoms with van der Waals surface area (Å²) in [5.74, 6) is 0.259. The minimum Gasteiger partial charge on any atom is -0.508 e. The molecule has 0 aliphatic heterocycles. The number of aromatic hydroxyl groups is 1. The maximum absolute atomic E-state index is 9.85. The zero-order valence-electron chi connectivity index (χ0n) is 13.8. The number of hydrogen-bond acceptors (Lipinski definition) is 6. The van der Waals surface area contributed by atoms with E-state index in [1.165, 1.54) is 0 Å². The highest BCUT2D eigenvalue weighted by Crippen LogP contribution is 2.29. The summed E-state index contributed by atoms with van der Waals surface area (Å²) in [6.07, 6.45) is 0.